The maximum absolute atomic E-state index is 11.9. The van der Waals surface area contributed by atoms with Gasteiger partial charge in [-0.1, -0.05) is 13.8 Å². The highest BCUT2D eigenvalue weighted by molar-refractivity contribution is 7.61. The van der Waals surface area contributed by atoms with E-state index in [4.69, 9.17) is 0 Å². The molecule has 0 fully saturated rings. The van der Waals surface area contributed by atoms with Crippen LogP contribution in [0.4, 0.5) is 0 Å². The first-order valence-electron chi connectivity index (χ1n) is 4.48. The van der Waals surface area contributed by atoms with Crippen LogP contribution in [0.25, 0.3) is 0 Å². The van der Waals surface area contributed by atoms with Crippen molar-refractivity contribution in [3.05, 3.63) is 0 Å². The summed E-state index contributed by atoms with van der Waals surface area (Å²) in [5, 5.41) is 3.18. The molecule has 0 amide bonds. The molecule has 2 nitrogen and oxygen atoms in total. The van der Waals surface area contributed by atoms with Gasteiger partial charge in [0.1, 0.15) is 7.29 Å². The molecule has 0 rings (SSSR count). The number of rotatable bonds is 3. The molecule has 0 aliphatic heterocycles. The molecule has 74 valence electrons. The zero-order chi connectivity index (χ0) is 9.99. The van der Waals surface area contributed by atoms with Crippen molar-refractivity contribution in [2.24, 2.45) is 5.92 Å². The Morgan fingerprint density at radius 1 is 1.33 bits per heavy atom. The first-order valence-corrected chi connectivity index (χ1v) is 6.82. The van der Waals surface area contributed by atoms with Crippen molar-refractivity contribution < 1.29 is 4.57 Å². The van der Waals surface area contributed by atoms with Crippen LogP contribution in [0.2, 0.25) is 0 Å². The average Bonchev–Trinajstić information content (AvgIpc) is 1.48. The van der Waals surface area contributed by atoms with Crippen LogP contribution < -0.4 is 5.09 Å². The maximum Gasteiger partial charge on any atom is 0.145 e. The monoisotopic (exact) mass is 191 g/mol. The van der Waals surface area contributed by atoms with Crippen molar-refractivity contribution in [2.45, 2.75) is 40.2 Å². The molecule has 1 atom stereocenters. The van der Waals surface area contributed by atoms with Gasteiger partial charge in [0.05, 0.1) is 0 Å². The van der Waals surface area contributed by atoms with Gasteiger partial charge in [-0.05, 0) is 26.7 Å². The minimum Gasteiger partial charge on any atom is -0.307 e. The first kappa shape index (κ1) is 12.2. The van der Waals surface area contributed by atoms with Crippen LogP contribution in [0.5, 0.6) is 0 Å². The Balaban J connectivity index is 4.15. The van der Waals surface area contributed by atoms with Crippen molar-refractivity contribution in [1.29, 1.82) is 0 Å². The quantitative estimate of drug-likeness (QED) is 0.695. The molecule has 0 radical (unpaired) electrons. The molecule has 3 heteroatoms. The van der Waals surface area contributed by atoms with Gasteiger partial charge in [0, 0.05) is 18.4 Å². The molecule has 0 saturated heterocycles. The third-order valence-electron chi connectivity index (χ3n) is 1.29. The lowest BCUT2D eigenvalue weighted by Gasteiger charge is -2.27. The second-order valence-corrected chi connectivity index (χ2v) is 7.83. The first-order chi connectivity index (χ1) is 5.12. The minimum atomic E-state index is -2.12. The van der Waals surface area contributed by atoms with Crippen molar-refractivity contribution in [3.63, 3.8) is 0 Å². The molecular formula is C9H22NOP. The zero-order valence-electron chi connectivity index (χ0n) is 9.14. The summed E-state index contributed by atoms with van der Waals surface area (Å²) in [5.74, 6) is 0.496. The molecule has 1 N–H and O–H groups in total. The smallest absolute Gasteiger partial charge is 0.145 e. The van der Waals surface area contributed by atoms with Crippen molar-refractivity contribution in [1.82, 2.24) is 5.09 Å². The van der Waals surface area contributed by atoms with E-state index in [2.05, 4.69) is 18.9 Å². The lowest BCUT2D eigenvalue weighted by atomic mass is 10.1. The fourth-order valence-corrected chi connectivity index (χ4v) is 4.36. The van der Waals surface area contributed by atoms with Gasteiger partial charge < -0.3 is 4.57 Å². The summed E-state index contributed by atoms with van der Waals surface area (Å²) >= 11 is 0. The van der Waals surface area contributed by atoms with Gasteiger partial charge in [0.2, 0.25) is 0 Å². The van der Waals surface area contributed by atoms with Gasteiger partial charge in [-0.3, -0.25) is 5.09 Å². The fourth-order valence-electron chi connectivity index (χ4n) is 1.45. The topological polar surface area (TPSA) is 29.1 Å². The third-order valence-corrected chi connectivity index (χ3v) is 3.86. The molecule has 0 aliphatic carbocycles. The van der Waals surface area contributed by atoms with Crippen LogP contribution in [-0.2, 0) is 4.57 Å². The van der Waals surface area contributed by atoms with E-state index in [1.54, 1.807) is 0 Å². The highest BCUT2D eigenvalue weighted by Gasteiger charge is 2.22. The third kappa shape index (κ3) is 6.87. The summed E-state index contributed by atoms with van der Waals surface area (Å²) in [7, 11) is -2.12. The molecule has 0 aromatic rings. The van der Waals surface area contributed by atoms with E-state index in [9.17, 15) is 4.57 Å². The Labute approximate surface area is 76.6 Å². The van der Waals surface area contributed by atoms with Gasteiger partial charge in [-0.15, -0.1) is 0 Å². The SMILES string of the molecule is CC(C)CP(C)(=O)NC(C)(C)C. The molecule has 0 bridgehead atoms. The van der Waals surface area contributed by atoms with Gasteiger partial charge in [-0.25, -0.2) is 0 Å². The number of nitrogens with one attached hydrogen (secondary N) is 1. The second kappa shape index (κ2) is 3.93. The largest absolute Gasteiger partial charge is 0.307 e. The fraction of sp³-hybridized carbons (Fsp3) is 1.00. The van der Waals surface area contributed by atoms with E-state index in [1.165, 1.54) is 0 Å². The van der Waals surface area contributed by atoms with E-state index in [0.717, 1.165) is 6.16 Å². The van der Waals surface area contributed by atoms with E-state index < -0.39 is 7.29 Å². The predicted octanol–water partition coefficient (Wildman–Crippen LogP) is 2.94. The standard InChI is InChI=1S/C9H22NOP/c1-8(2)7-12(6,11)10-9(3,4)5/h8H,7H2,1-6H3,(H,10,11). The van der Waals surface area contributed by atoms with Crippen molar-refractivity contribution in [3.8, 4) is 0 Å². The summed E-state index contributed by atoms with van der Waals surface area (Å²) < 4.78 is 11.9. The summed E-state index contributed by atoms with van der Waals surface area (Å²) in [6, 6.07) is 0. The zero-order valence-corrected chi connectivity index (χ0v) is 10.0. The average molecular weight is 191 g/mol. The molecule has 1 unspecified atom stereocenters. The summed E-state index contributed by atoms with van der Waals surface area (Å²) in [6.07, 6.45) is 0.782. The van der Waals surface area contributed by atoms with E-state index in [0.29, 0.717) is 5.92 Å². The molecule has 0 spiro atoms. The molecule has 0 saturated carbocycles. The Morgan fingerprint density at radius 2 is 1.75 bits per heavy atom. The number of hydrogen-bond acceptors (Lipinski definition) is 1. The molecule has 0 aromatic heterocycles. The van der Waals surface area contributed by atoms with Gasteiger partial charge >= 0.3 is 0 Å². The molecular weight excluding hydrogens is 169 g/mol. The molecule has 0 aliphatic rings. The van der Waals surface area contributed by atoms with Gasteiger partial charge in [0.15, 0.2) is 0 Å². The predicted molar refractivity (Wildman–Crippen MR) is 56.1 cm³/mol. The van der Waals surface area contributed by atoms with Crippen molar-refractivity contribution >= 4 is 7.29 Å². The van der Waals surface area contributed by atoms with E-state index in [1.807, 2.05) is 27.4 Å². The van der Waals surface area contributed by atoms with Crippen LogP contribution in [0, 0.1) is 5.92 Å². The molecule has 0 aromatic carbocycles. The van der Waals surface area contributed by atoms with E-state index in [-0.39, 0.29) is 5.54 Å². The summed E-state index contributed by atoms with van der Waals surface area (Å²) in [6.45, 7) is 12.2. The lowest BCUT2D eigenvalue weighted by molar-refractivity contribution is 0.487. The van der Waals surface area contributed by atoms with Crippen LogP contribution in [0.3, 0.4) is 0 Å². The summed E-state index contributed by atoms with van der Waals surface area (Å²) in [4.78, 5) is 0. The summed E-state index contributed by atoms with van der Waals surface area (Å²) in [5.41, 5.74) is -0.0425. The minimum absolute atomic E-state index is 0.0425. The van der Waals surface area contributed by atoms with Crippen LogP contribution in [-0.4, -0.2) is 18.4 Å². The normalized spacial score (nSPS) is 17.9. The lowest BCUT2D eigenvalue weighted by Crippen LogP contribution is -2.34. The maximum atomic E-state index is 11.9. The molecule has 12 heavy (non-hydrogen) atoms. The van der Waals surface area contributed by atoms with Crippen LogP contribution >= 0.6 is 7.29 Å². The van der Waals surface area contributed by atoms with Crippen LogP contribution in [0.1, 0.15) is 34.6 Å². The van der Waals surface area contributed by atoms with Crippen LogP contribution in [0.15, 0.2) is 0 Å². The highest BCUT2D eigenvalue weighted by atomic mass is 31.2. The van der Waals surface area contributed by atoms with Crippen molar-refractivity contribution in [2.75, 3.05) is 12.8 Å². The number of hydrogen-bond donors (Lipinski definition) is 1. The Hall–Kier alpha value is 0.190. The van der Waals surface area contributed by atoms with Gasteiger partial charge in [-0.2, -0.15) is 0 Å². The van der Waals surface area contributed by atoms with Gasteiger partial charge in [0.25, 0.3) is 0 Å². The molecule has 0 heterocycles. The highest BCUT2D eigenvalue weighted by Crippen LogP contribution is 2.40. The second-order valence-electron chi connectivity index (χ2n) is 5.04. The Kier molecular flexibility index (Phi) is 3.99. The Bertz CT molecular complexity index is 181. The van der Waals surface area contributed by atoms with E-state index >= 15 is 0 Å². The Morgan fingerprint density at radius 3 is 2.00 bits per heavy atom.